The number of hydrogen-bond acceptors (Lipinski definition) is 2. The van der Waals surface area contributed by atoms with E-state index >= 15 is 0 Å². The first-order chi connectivity index (χ1) is 6.84. The molecule has 3 aliphatic rings. The lowest BCUT2D eigenvalue weighted by Gasteiger charge is -2.22. The van der Waals surface area contributed by atoms with E-state index in [1.165, 1.54) is 25.8 Å². The van der Waals surface area contributed by atoms with Crippen LogP contribution in [0.5, 0.6) is 0 Å². The van der Waals surface area contributed by atoms with Gasteiger partial charge in [-0.2, -0.15) is 0 Å². The van der Waals surface area contributed by atoms with E-state index in [0.29, 0.717) is 6.04 Å². The first-order valence-corrected chi connectivity index (χ1v) is 5.63. The van der Waals surface area contributed by atoms with Crippen molar-refractivity contribution >= 4 is 6.03 Å². The minimum Gasteiger partial charge on any atom is -0.336 e. The fourth-order valence-corrected chi connectivity index (χ4v) is 2.63. The van der Waals surface area contributed by atoms with Gasteiger partial charge in [-0.3, -0.25) is 4.90 Å². The Labute approximate surface area is 84.2 Å². The molecule has 2 saturated heterocycles. The summed E-state index contributed by atoms with van der Waals surface area (Å²) < 4.78 is 0. The van der Waals surface area contributed by atoms with Gasteiger partial charge in [0.05, 0.1) is 0 Å². The molecule has 3 fully saturated rings. The molecule has 0 spiro atoms. The van der Waals surface area contributed by atoms with Crippen LogP contribution < -0.4 is 5.32 Å². The molecule has 1 atom stereocenters. The van der Waals surface area contributed by atoms with Crippen LogP contribution in [0.1, 0.15) is 19.3 Å². The number of rotatable bonds is 2. The molecule has 0 radical (unpaired) electrons. The molecule has 2 heterocycles. The number of nitrogens with zero attached hydrogens (tertiary/aromatic N) is 2. The van der Waals surface area contributed by atoms with Gasteiger partial charge in [-0.15, -0.1) is 0 Å². The summed E-state index contributed by atoms with van der Waals surface area (Å²) in [5, 5.41) is 2.87. The van der Waals surface area contributed by atoms with E-state index in [1.54, 1.807) is 0 Å². The van der Waals surface area contributed by atoms with Crippen molar-refractivity contribution in [2.24, 2.45) is 0 Å². The number of carbonyl (C=O) groups is 1. The van der Waals surface area contributed by atoms with E-state index in [9.17, 15) is 4.79 Å². The fraction of sp³-hybridized carbons (Fsp3) is 0.900. The molecule has 1 N–H and O–H groups in total. The second-order valence-electron chi connectivity index (χ2n) is 4.59. The van der Waals surface area contributed by atoms with Crippen molar-refractivity contribution in [3.8, 4) is 0 Å². The minimum absolute atomic E-state index is 0.146. The third kappa shape index (κ3) is 1.38. The summed E-state index contributed by atoms with van der Waals surface area (Å²) in [6.45, 7) is 4.04. The molecule has 4 heteroatoms. The Kier molecular flexibility index (Phi) is 1.90. The van der Waals surface area contributed by atoms with E-state index < -0.39 is 0 Å². The zero-order valence-corrected chi connectivity index (χ0v) is 8.41. The maximum atomic E-state index is 11.4. The predicted octanol–water partition coefficient (Wildman–Crippen LogP) is 0.248. The summed E-state index contributed by atoms with van der Waals surface area (Å²) >= 11 is 0. The largest absolute Gasteiger partial charge is 0.336 e. The van der Waals surface area contributed by atoms with E-state index in [2.05, 4.69) is 10.2 Å². The van der Waals surface area contributed by atoms with Crippen LogP contribution in [-0.2, 0) is 0 Å². The Balaban J connectivity index is 1.61. The predicted molar refractivity (Wildman–Crippen MR) is 53.1 cm³/mol. The summed E-state index contributed by atoms with van der Waals surface area (Å²) in [5.41, 5.74) is 0. The van der Waals surface area contributed by atoms with Crippen molar-refractivity contribution in [1.29, 1.82) is 0 Å². The molecule has 2 aliphatic heterocycles. The standard InChI is InChI=1S/C10H17N3O/c14-10-11-4-6-13(10)9-3-5-12(7-9)8-1-2-8/h8-9H,1-7H2,(H,11,14). The van der Waals surface area contributed by atoms with Crippen molar-refractivity contribution in [3.05, 3.63) is 0 Å². The van der Waals surface area contributed by atoms with Crippen LogP contribution in [0.3, 0.4) is 0 Å². The molecule has 14 heavy (non-hydrogen) atoms. The molecule has 0 aromatic rings. The third-order valence-corrected chi connectivity index (χ3v) is 3.59. The maximum Gasteiger partial charge on any atom is 0.317 e. The Hall–Kier alpha value is -0.770. The summed E-state index contributed by atoms with van der Waals surface area (Å²) in [6.07, 6.45) is 3.92. The molecule has 3 rings (SSSR count). The Morgan fingerprint density at radius 2 is 2.00 bits per heavy atom. The van der Waals surface area contributed by atoms with Crippen molar-refractivity contribution in [1.82, 2.24) is 15.1 Å². The first-order valence-electron chi connectivity index (χ1n) is 5.63. The number of nitrogens with one attached hydrogen (secondary N) is 1. The number of hydrogen-bond donors (Lipinski definition) is 1. The van der Waals surface area contributed by atoms with Gasteiger partial charge >= 0.3 is 6.03 Å². The van der Waals surface area contributed by atoms with E-state index in [0.717, 1.165) is 25.7 Å². The topological polar surface area (TPSA) is 35.6 Å². The SMILES string of the molecule is O=C1NCCN1C1CCN(C2CC2)C1. The molecule has 78 valence electrons. The number of urea groups is 1. The van der Waals surface area contributed by atoms with Gasteiger partial charge < -0.3 is 10.2 Å². The second kappa shape index (κ2) is 3.12. The zero-order chi connectivity index (χ0) is 9.54. The van der Waals surface area contributed by atoms with Crippen LogP contribution in [0.25, 0.3) is 0 Å². The Morgan fingerprint density at radius 1 is 1.14 bits per heavy atom. The first kappa shape index (κ1) is 8.53. The summed E-state index contributed by atoms with van der Waals surface area (Å²) in [4.78, 5) is 16.0. The molecule has 1 saturated carbocycles. The van der Waals surface area contributed by atoms with Gasteiger partial charge in [0.1, 0.15) is 0 Å². The summed E-state index contributed by atoms with van der Waals surface area (Å²) in [5.74, 6) is 0. The van der Waals surface area contributed by atoms with Crippen LogP contribution in [-0.4, -0.2) is 54.1 Å². The van der Waals surface area contributed by atoms with Crippen molar-refractivity contribution in [2.45, 2.75) is 31.3 Å². The fourth-order valence-electron chi connectivity index (χ4n) is 2.63. The highest BCUT2D eigenvalue weighted by Crippen LogP contribution is 2.31. The van der Waals surface area contributed by atoms with Crippen LogP contribution in [0.4, 0.5) is 4.79 Å². The van der Waals surface area contributed by atoms with Crippen molar-refractivity contribution in [3.63, 3.8) is 0 Å². The van der Waals surface area contributed by atoms with Gasteiger partial charge in [0, 0.05) is 38.3 Å². The average molecular weight is 195 g/mol. The van der Waals surface area contributed by atoms with Crippen molar-refractivity contribution < 1.29 is 4.79 Å². The lowest BCUT2D eigenvalue weighted by atomic mass is 10.2. The maximum absolute atomic E-state index is 11.4. The smallest absolute Gasteiger partial charge is 0.317 e. The number of likely N-dealkylation sites (tertiary alicyclic amines) is 1. The summed E-state index contributed by atoms with van der Waals surface area (Å²) in [7, 11) is 0. The van der Waals surface area contributed by atoms with Crippen LogP contribution >= 0.6 is 0 Å². The van der Waals surface area contributed by atoms with Gasteiger partial charge in [0.2, 0.25) is 0 Å². The molecule has 2 amide bonds. The molecule has 1 unspecified atom stereocenters. The monoisotopic (exact) mass is 195 g/mol. The Morgan fingerprint density at radius 3 is 2.64 bits per heavy atom. The highest BCUT2D eigenvalue weighted by atomic mass is 16.2. The van der Waals surface area contributed by atoms with Gasteiger partial charge in [-0.1, -0.05) is 0 Å². The van der Waals surface area contributed by atoms with Gasteiger partial charge in [0.15, 0.2) is 0 Å². The molecule has 1 aliphatic carbocycles. The lowest BCUT2D eigenvalue weighted by Crippen LogP contribution is -2.40. The van der Waals surface area contributed by atoms with Crippen LogP contribution in [0, 0.1) is 0 Å². The van der Waals surface area contributed by atoms with E-state index in [1.807, 2.05) is 4.90 Å². The van der Waals surface area contributed by atoms with Gasteiger partial charge in [0.25, 0.3) is 0 Å². The normalized spacial score (nSPS) is 33.9. The summed E-state index contributed by atoms with van der Waals surface area (Å²) in [6, 6.07) is 1.48. The second-order valence-corrected chi connectivity index (χ2v) is 4.59. The zero-order valence-electron chi connectivity index (χ0n) is 8.41. The molecule has 0 bridgehead atoms. The molecule has 0 aromatic carbocycles. The molecule has 4 nitrogen and oxygen atoms in total. The van der Waals surface area contributed by atoms with Crippen LogP contribution in [0.2, 0.25) is 0 Å². The average Bonchev–Trinajstić information content (AvgIpc) is 2.75. The van der Waals surface area contributed by atoms with Gasteiger partial charge in [-0.05, 0) is 19.3 Å². The van der Waals surface area contributed by atoms with Crippen molar-refractivity contribution in [2.75, 3.05) is 26.2 Å². The third-order valence-electron chi connectivity index (χ3n) is 3.59. The quantitative estimate of drug-likeness (QED) is 0.685. The minimum atomic E-state index is 0.146. The highest BCUT2D eigenvalue weighted by molar-refractivity contribution is 5.76. The lowest BCUT2D eigenvalue weighted by molar-refractivity contribution is 0.195. The number of amides is 2. The molecular weight excluding hydrogens is 178 g/mol. The molecule has 0 aromatic heterocycles. The highest BCUT2D eigenvalue weighted by Gasteiger charge is 2.38. The van der Waals surface area contributed by atoms with E-state index in [-0.39, 0.29) is 6.03 Å². The van der Waals surface area contributed by atoms with Gasteiger partial charge in [-0.25, -0.2) is 4.79 Å². The molecular formula is C10H17N3O. The van der Waals surface area contributed by atoms with E-state index in [4.69, 9.17) is 0 Å². The number of carbonyl (C=O) groups excluding carboxylic acids is 1. The Bertz CT molecular complexity index is 252. The van der Waals surface area contributed by atoms with Crippen LogP contribution in [0.15, 0.2) is 0 Å².